The Labute approximate surface area is 181 Å². The third-order valence-corrected chi connectivity index (χ3v) is 5.91. The highest BCUT2D eigenvalue weighted by molar-refractivity contribution is 6.04. The third kappa shape index (κ3) is 4.45. The first kappa shape index (κ1) is 21.0. The van der Waals surface area contributed by atoms with Crippen LogP contribution in [0.2, 0.25) is 0 Å². The predicted octanol–water partition coefficient (Wildman–Crippen LogP) is 4.54. The van der Waals surface area contributed by atoms with Crippen LogP contribution in [0.3, 0.4) is 0 Å². The lowest BCUT2D eigenvalue weighted by atomic mass is 9.94. The summed E-state index contributed by atoms with van der Waals surface area (Å²) in [7, 11) is 0. The van der Waals surface area contributed by atoms with Crippen LogP contribution in [0.25, 0.3) is 22.4 Å². The van der Waals surface area contributed by atoms with Gasteiger partial charge in [0.1, 0.15) is 0 Å². The van der Waals surface area contributed by atoms with Crippen LogP contribution in [0.5, 0.6) is 0 Å². The van der Waals surface area contributed by atoms with Gasteiger partial charge in [0.25, 0.3) is 11.6 Å². The molecule has 0 atom stereocenters. The Morgan fingerprint density at radius 3 is 2.61 bits per heavy atom. The van der Waals surface area contributed by atoms with Gasteiger partial charge < -0.3 is 14.2 Å². The first-order valence-electron chi connectivity index (χ1n) is 10.9. The highest BCUT2D eigenvalue weighted by atomic mass is 16.5. The fourth-order valence-electron chi connectivity index (χ4n) is 4.33. The smallest absolute Gasteiger partial charge is 0.339 e. The number of aromatic nitrogens is 2. The molecular formula is C24H27N3O4. The minimum atomic E-state index is -0.580. The van der Waals surface area contributed by atoms with Gasteiger partial charge in [0.15, 0.2) is 6.61 Å². The fraction of sp³-hybridized carbons (Fsp3) is 0.417. The molecule has 7 nitrogen and oxygen atoms in total. The van der Waals surface area contributed by atoms with Gasteiger partial charge in [-0.05, 0) is 32.8 Å². The van der Waals surface area contributed by atoms with E-state index in [1.165, 1.54) is 6.42 Å². The second kappa shape index (κ2) is 9.29. The van der Waals surface area contributed by atoms with E-state index in [0.717, 1.165) is 31.2 Å². The van der Waals surface area contributed by atoms with E-state index in [4.69, 9.17) is 9.26 Å². The van der Waals surface area contributed by atoms with Gasteiger partial charge in [0.2, 0.25) is 0 Å². The number of amides is 1. The molecule has 0 bridgehead atoms. The molecule has 2 aromatic heterocycles. The van der Waals surface area contributed by atoms with E-state index < -0.39 is 5.97 Å². The fourth-order valence-corrected chi connectivity index (χ4v) is 4.33. The Hall–Kier alpha value is -3.22. The van der Waals surface area contributed by atoms with E-state index in [-0.39, 0.29) is 24.3 Å². The summed E-state index contributed by atoms with van der Waals surface area (Å²) in [5, 5.41) is 4.46. The van der Waals surface area contributed by atoms with Crippen molar-refractivity contribution in [1.82, 2.24) is 15.0 Å². The van der Waals surface area contributed by atoms with Crippen LogP contribution in [0.15, 0.2) is 40.9 Å². The standard InChI is InChI=1S/C24H27N3O4/c1-3-27(18-12-8-5-9-13-18)21(28)15-30-24(29)19-14-20(17-10-6-4-7-11-17)25-23-22(19)16(2)26-31-23/h4,6-7,10-11,14,18H,3,5,8-9,12-13,15H2,1-2H3. The van der Waals surface area contributed by atoms with Gasteiger partial charge in [-0.3, -0.25) is 4.79 Å². The lowest BCUT2D eigenvalue weighted by Gasteiger charge is -2.33. The molecule has 0 aliphatic heterocycles. The lowest BCUT2D eigenvalue weighted by Crippen LogP contribution is -2.43. The number of fused-ring (bicyclic) bond motifs is 1. The van der Waals surface area contributed by atoms with Crippen LogP contribution in [0.1, 0.15) is 55.1 Å². The SMILES string of the molecule is CCN(C(=O)COC(=O)c1cc(-c2ccccc2)nc2onc(C)c12)C1CCCCC1. The monoisotopic (exact) mass is 421 g/mol. The predicted molar refractivity (Wildman–Crippen MR) is 117 cm³/mol. The van der Waals surface area contributed by atoms with Gasteiger partial charge in [0, 0.05) is 18.2 Å². The molecule has 0 radical (unpaired) electrons. The molecule has 7 heteroatoms. The number of nitrogens with zero attached hydrogens (tertiary/aromatic N) is 3. The number of hydrogen-bond donors (Lipinski definition) is 0. The summed E-state index contributed by atoms with van der Waals surface area (Å²) < 4.78 is 10.8. The Kier molecular flexibility index (Phi) is 6.30. The van der Waals surface area contributed by atoms with Gasteiger partial charge >= 0.3 is 5.97 Å². The molecule has 2 heterocycles. The average Bonchev–Trinajstić information content (AvgIpc) is 3.19. The molecule has 4 rings (SSSR count). The first-order chi connectivity index (χ1) is 15.1. The minimum Gasteiger partial charge on any atom is -0.452 e. The van der Waals surface area contributed by atoms with Crippen LogP contribution in [0.4, 0.5) is 0 Å². The molecule has 1 fully saturated rings. The second-order valence-corrected chi connectivity index (χ2v) is 7.92. The van der Waals surface area contributed by atoms with Crippen molar-refractivity contribution < 1.29 is 18.8 Å². The maximum Gasteiger partial charge on any atom is 0.339 e. The van der Waals surface area contributed by atoms with Crippen LogP contribution in [0, 0.1) is 6.92 Å². The largest absolute Gasteiger partial charge is 0.452 e. The maximum absolute atomic E-state index is 13.0. The molecule has 0 N–H and O–H groups in total. The van der Waals surface area contributed by atoms with Gasteiger partial charge in [-0.25, -0.2) is 9.78 Å². The zero-order valence-electron chi connectivity index (χ0n) is 18.0. The zero-order chi connectivity index (χ0) is 21.8. The summed E-state index contributed by atoms with van der Waals surface area (Å²) >= 11 is 0. The Morgan fingerprint density at radius 1 is 1.16 bits per heavy atom. The number of aryl methyl sites for hydroxylation is 1. The van der Waals surface area contributed by atoms with Crippen LogP contribution >= 0.6 is 0 Å². The van der Waals surface area contributed by atoms with Crippen molar-refractivity contribution in [3.8, 4) is 11.3 Å². The highest BCUT2D eigenvalue weighted by Crippen LogP contribution is 2.28. The Morgan fingerprint density at radius 2 is 1.90 bits per heavy atom. The number of ether oxygens (including phenoxy) is 1. The number of esters is 1. The molecule has 1 aromatic carbocycles. The Balaban J connectivity index is 1.55. The maximum atomic E-state index is 13.0. The van der Waals surface area contributed by atoms with Crippen LogP contribution in [-0.4, -0.2) is 46.1 Å². The van der Waals surface area contributed by atoms with Crippen molar-refractivity contribution >= 4 is 23.0 Å². The van der Waals surface area contributed by atoms with Gasteiger partial charge in [-0.1, -0.05) is 54.8 Å². The van der Waals surface area contributed by atoms with Gasteiger partial charge in [-0.15, -0.1) is 0 Å². The number of likely N-dealkylation sites (N-methyl/N-ethyl adjacent to an activating group) is 1. The first-order valence-corrected chi connectivity index (χ1v) is 10.9. The molecule has 0 spiro atoms. The molecule has 162 valence electrons. The number of hydrogen-bond acceptors (Lipinski definition) is 6. The Bertz CT molecular complexity index is 1070. The summed E-state index contributed by atoms with van der Waals surface area (Å²) in [6.45, 7) is 4.05. The number of carbonyl (C=O) groups excluding carboxylic acids is 2. The second-order valence-electron chi connectivity index (χ2n) is 7.92. The summed E-state index contributed by atoms with van der Waals surface area (Å²) in [5.41, 5.74) is 2.56. The van der Waals surface area contributed by atoms with Crippen molar-refractivity contribution in [1.29, 1.82) is 0 Å². The number of pyridine rings is 1. The number of benzene rings is 1. The molecule has 1 aliphatic carbocycles. The van der Waals surface area contributed by atoms with E-state index in [9.17, 15) is 9.59 Å². The molecule has 31 heavy (non-hydrogen) atoms. The van der Waals surface area contributed by atoms with Crippen molar-refractivity contribution in [2.45, 2.75) is 52.0 Å². The third-order valence-electron chi connectivity index (χ3n) is 5.91. The molecule has 1 saturated carbocycles. The van der Waals surface area contributed by atoms with E-state index >= 15 is 0 Å². The highest BCUT2D eigenvalue weighted by Gasteiger charge is 2.26. The normalized spacial score (nSPS) is 14.5. The van der Waals surface area contributed by atoms with Crippen molar-refractivity contribution in [2.75, 3.05) is 13.2 Å². The topological polar surface area (TPSA) is 85.5 Å². The van der Waals surface area contributed by atoms with Gasteiger partial charge in [-0.2, -0.15) is 0 Å². The minimum absolute atomic E-state index is 0.154. The molecular weight excluding hydrogens is 394 g/mol. The summed E-state index contributed by atoms with van der Waals surface area (Å²) in [6.07, 6.45) is 5.52. The van der Waals surface area contributed by atoms with Crippen LogP contribution < -0.4 is 0 Å². The van der Waals surface area contributed by atoms with Crippen molar-refractivity contribution in [2.24, 2.45) is 0 Å². The summed E-state index contributed by atoms with van der Waals surface area (Å²) in [4.78, 5) is 32.1. The van der Waals surface area contributed by atoms with Crippen molar-refractivity contribution in [3.05, 3.63) is 47.7 Å². The van der Waals surface area contributed by atoms with Crippen LogP contribution in [-0.2, 0) is 9.53 Å². The van der Waals surface area contributed by atoms with Gasteiger partial charge in [0.05, 0.1) is 22.3 Å². The summed E-state index contributed by atoms with van der Waals surface area (Å²) in [5.74, 6) is -0.734. The van der Waals surface area contributed by atoms with Crippen molar-refractivity contribution in [3.63, 3.8) is 0 Å². The zero-order valence-corrected chi connectivity index (χ0v) is 18.0. The van der Waals surface area contributed by atoms with E-state index in [1.807, 2.05) is 42.2 Å². The molecule has 1 aliphatic rings. The molecule has 3 aromatic rings. The average molecular weight is 421 g/mol. The van der Waals surface area contributed by atoms with E-state index in [1.54, 1.807) is 13.0 Å². The molecule has 0 unspecified atom stereocenters. The number of carbonyl (C=O) groups is 2. The lowest BCUT2D eigenvalue weighted by molar-refractivity contribution is -0.137. The quantitative estimate of drug-likeness (QED) is 0.543. The summed E-state index contributed by atoms with van der Waals surface area (Å²) in [6, 6.07) is 11.4. The molecule has 1 amide bonds. The van der Waals surface area contributed by atoms with E-state index in [0.29, 0.717) is 28.9 Å². The molecule has 0 saturated heterocycles. The van der Waals surface area contributed by atoms with E-state index in [2.05, 4.69) is 10.1 Å². The number of rotatable bonds is 6.